The highest BCUT2D eigenvalue weighted by atomic mass is 32.1. The monoisotopic (exact) mass is 439 g/mol. The van der Waals surface area contributed by atoms with Gasteiger partial charge in [0.2, 0.25) is 0 Å². The van der Waals surface area contributed by atoms with Crippen molar-refractivity contribution in [3.05, 3.63) is 75.0 Å². The van der Waals surface area contributed by atoms with Crippen LogP contribution < -0.4 is 0 Å². The highest BCUT2D eigenvalue weighted by Gasteiger charge is 2.28. The second-order valence-corrected chi connectivity index (χ2v) is 8.08. The van der Waals surface area contributed by atoms with Gasteiger partial charge in [-0.25, -0.2) is 4.79 Å². The lowest BCUT2D eigenvalue weighted by molar-refractivity contribution is 0.0514. The summed E-state index contributed by atoms with van der Waals surface area (Å²) in [5.41, 5.74) is 2.85. The molecule has 3 aromatic rings. The molecule has 0 saturated heterocycles. The zero-order chi connectivity index (χ0) is 22.5. The molecule has 0 saturated carbocycles. The van der Waals surface area contributed by atoms with Crippen LogP contribution in [0.15, 0.2) is 42.0 Å². The number of ketones is 1. The van der Waals surface area contributed by atoms with Crippen LogP contribution in [0.2, 0.25) is 0 Å². The van der Waals surface area contributed by atoms with E-state index in [4.69, 9.17) is 4.74 Å². The fourth-order valence-electron chi connectivity index (χ4n) is 3.60. The van der Waals surface area contributed by atoms with Crippen LogP contribution in [-0.2, 0) is 18.3 Å². The van der Waals surface area contributed by atoms with E-state index >= 15 is 0 Å². The van der Waals surface area contributed by atoms with Crippen molar-refractivity contribution in [2.24, 2.45) is 7.05 Å². The average molecular weight is 440 g/mol. The van der Waals surface area contributed by atoms with Crippen LogP contribution in [0.4, 0.5) is 0 Å². The molecule has 8 heteroatoms. The summed E-state index contributed by atoms with van der Waals surface area (Å²) in [7, 11) is 1.73. The summed E-state index contributed by atoms with van der Waals surface area (Å²) in [6, 6.07) is 7.21. The molecule has 0 aliphatic heterocycles. The second kappa shape index (κ2) is 9.70. The molecule has 0 radical (unpaired) electrons. The van der Waals surface area contributed by atoms with E-state index in [-0.39, 0.29) is 31.4 Å². The quantitative estimate of drug-likeness (QED) is 0.394. The maximum absolute atomic E-state index is 13.3. The van der Waals surface area contributed by atoms with Crippen molar-refractivity contribution in [2.75, 3.05) is 13.2 Å². The van der Waals surface area contributed by atoms with Crippen LogP contribution in [-0.4, -0.2) is 45.3 Å². The van der Waals surface area contributed by atoms with Crippen LogP contribution >= 0.6 is 11.3 Å². The Hall–Kier alpha value is -3.26. The number of esters is 1. The fourth-order valence-corrected chi connectivity index (χ4v) is 4.29. The van der Waals surface area contributed by atoms with E-state index in [9.17, 15) is 14.4 Å². The average Bonchev–Trinajstić information content (AvgIpc) is 3.35. The number of amides is 1. The van der Waals surface area contributed by atoms with E-state index in [1.807, 2.05) is 11.4 Å². The third-order valence-corrected chi connectivity index (χ3v) is 5.99. The van der Waals surface area contributed by atoms with Gasteiger partial charge >= 0.3 is 5.97 Å². The Labute approximate surface area is 185 Å². The number of ether oxygens (including phenoxy) is 1. The molecule has 0 aromatic carbocycles. The van der Waals surface area contributed by atoms with Gasteiger partial charge in [-0.3, -0.25) is 14.6 Å². The number of thiophene rings is 1. The molecule has 0 atom stereocenters. The van der Waals surface area contributed by atoms with Gasteiger partial charge in [-0.1, -0.05) is 12.1 Å². The number of nitrogens with zero attached hydrogens (tertiary/aromatic N) is 3. The summed E-state index contributed by atoms with van der Waals surface area (Å²) in [5.74, 6) is -0.912. The molecule has 1 amide bonds. The molecule has 162 valence electrons. The van der Waals surface area contributed by atoms with Crippen molar-refractivity contribution in [2.45, 2.75) is 27.3 Å². The summed E-state index contributed by atoms with van der Waals surface area (Å²) in [4.78, 5) is 45.0. The lowest BCUT2D eigenvalue weighted by atomic mass is 10.0. The van der Waals surface area contributed by atoms with Crippen LogP contribution in [0.25, 0.3) is 0 Å². The van der Waals surface area contributed by atoms with Crippen LogP contribution in [0.1, 0.15) is 54.3 Å². The largest absolute Gasteiger partial charge is 0.461 e. The molecule has 0 aliphatic carbocycles. The maximum Gasteiger partial charge on any atom is 0.355 e. The summed E-state index contributed by atoms with van der Waals surface area (Å²) >= 11 is 1.33. The molecule has 0 spiro atoms. The Bertz CT molecular complexity index is 1090. The summed E-state index contributed by atoms with van der Waals surface area (Å²) in [6.07, 6.45) is 3.34. The van der Waals surface area contributed by atoms with Crippen molar-refractivity contribution < 1.29 is 19.1 Å². The second-order valence-electron chi connectivity index (χ2n) is 7.14. The van der Waals surface area contributed by atoms with E-state index < -0.39 is 5.97 Å². The van der Waals surface area contributed by atoms with Gasteiger partial charge in [-0.05, 0) is 49.4 Å². The van der Waals surface area contributed by atoms with Gasteiger partial charge in [0.25, 0.3) is 5.91 Å². The van der Waals surface area contributed by atoms with Crippen molar-refractivity contribution in [3.63, 3.8) is 0 Å². The van der Waals surface area contributed by atoms with Gasteiger partial charge in [0, 0.05) is 37.2 Å². The number of pyridine rings is 1. The maximum atomic E-state index is 13.3. The Kier molecular flexibility index (Phi) is 7.02. The molecular formula is C23H25N3O4S. The number of carbonyl (C=O) groups is 3. The number of hydrogen-bond acceptors (Lipinski definition) is 6. The summed E-state index contributed by atoms with van der Waals surface area (Å²) in [6.45, 7) is 5.65. The molecule has 0 fully saturated rings. The fraction of sp³-hybridized carbons (Fsp3) is 0.304. The number of Topliss-reactive ketones (excluding diaryl/α,β-unsaturated/α-hetero) is 1. The number of hydrogen-bond donors (Lipinski definition) is 0. The predicted molar refractivity (Wildman–Crippen MR) is 118 cm³/mol. The zero-order valence-corrected chi connectivity index (χ0v) is 18.9. The molecule has 0 bridgehead atoms. The minimum atomic E-state index is -0.466. The normalized spacial score (nSPS) is 10.7. The number of rotatable bonds is 8. The van der Waals surface area contributed by atoms with E-state index in [2.05, 4.69) is 4.98 Å². The molecule has 7 nitrogen and oxygen atoms in total. The van der Waals surface area contributed by atoms with Gasteiger partial charge in [0.05, 0.1) is 18.0 Å². The first-order valence-electron chi connectivity index (χ1n) is 9.93. The topological polar surface area (TPSA) is 81.5 Å². The Balaban J connectivity index is 1.93. The van der Waals surface area contributed by atoms with E-state index in [1.54, 1.807) is 63.0 Å². The lowest BCUT2D eigenvalue weighted by Crippen LogP contribution is -2.35. The molecule has 3 aromatic heterocycles. The molecule has 3 rings (SSSR count). The van der Waals surface area contributed by atoms with Crippen molar-refractivity contribution >= 4 is 29.0 Å². The van der Waals surface area contributed by atoms with Gasteiger partial charge in [0.1, 0.15) is 5.69 Å². The van der Waals surface area contributed by atoms with Crippen LogP contribution in [0.3, 0.4) is 0 Å². The van der Waals surface area contributed by atoms with Crippen LogP contribution in [0.5, 0.6) is 0 Å². The SMILES string of the molecule is CCOC(=O)c1c(C)c(C(=O)CN(Cc2cccnc2)C(=O)c2cccs2)c(C)n1C. The minimum Gasteiger partial charge on any atom is -0.461 e. The zero-order valence-electron chi connectivity index (χ0n) is 18.0. The van der Waals surface area contributed by atoms with Gasteiger partial charge in [0.15, 0.2) is 5.78 Å². The standard InChI is InChI=1S/C23H25N3O4S/c1-5-30-23(29)21-15(2)20(16(3)25(21)4)18(27)14-26(13-17-8-6-10-24-12-17)22(28)19-9-7-11-31-19/h6-12H,5,13-14H2,1-4H3. The highest BCUT2D eigenvalue weighted by molar-refractivity contribution is 7.12. The van der Waals surface area contributed by atoms with Crippen molar-refractivity contribution in [3.8, 4) is 0 Å². The summed E-state index contributed by atoms with van der Waals surface area (Å²) < 4.78 is 6.82. The van der Waals surface area contributed by atoms with Gasteiger partial charge in [-0.15, -0.1) is 11.3 Å². The Morgan fingerprint density at radius 1 is 1.19 bits per heavy atom. The first-order valence-corrected chi connectivity index (χ1v) is 10.8. The van der Waals surface area contributed by atoms with Gasteiger partial charge < -0.3 is 14.2 Å². The van der Waals surface area contributed by atoms with Gasteiger partial charge in [-0.2, -0.15) is 0 Å². The predicted octanol–water partition coefficient (Wildman–Crippen LogP) is 3.80. The molecule has 0 N–H and O–H groups in total. The third-order valence-electron chi connectivity index (χ3n) is 5.13. The molecule has 3 heterocycles. The van der Waals surface area contributed by atoms with E-state index in [0.717, 1.165) is 5.56 Å². The van der Waals surface area contributed by atoms with Crippen molar-refractivity contribution in [1.29, 1.82) is 0 Å². The Morgan fingerprint density at radius 3 is 2.58 bits per heavy atom. The van der Waals surface area contributed by atoms with E-state index in [1.165, 1.54) is 16.2 Å². The van der Waals surface area contributed by atoms with Crippen molar-refractivity contribution in [1.82, 2.24) is 14.5 Å². The minimum absolute atomic E-state index is 0.112. The molecule has 31 heavy (non-hydrogen) atoms. The van der Waals surface area contributed by atoms with E-state index in [0.29, 0.717) is 27.4 Å². The van der Waals surface area contributed by atoms with Crippen LogP contribution in [0, 0.1) is 13.8 Å². The number of carbonyl (C=O) groups excluding carboxylic acids is 3. The lowest BCUT2D eigenvalue weighted by Gasteiger charge is -2.21. The molecule has 0 aliphatic rings. The number of aromatic nitrogens is 2. The molecular weight excluding hydrogens is 414 g/mol. The Morgan fingerprint density at radius 2 is 1.97 bits per heavy atom. The first kappa shape index (κ1) is 22.4. The summed E-state index contributed by atoms with van der Waals surface area (Å²) in [5, 5.41) is 1.83. The highest BCUT2D eigenvalue weighted by Crippen LogP contribution is 2.24. The molecule has 0 unspecified atom stereocenters. The smallest absolute Gasteiger partial charge is 0.355 e. The first-order chi connectivity index (χ1) is 14.8. The third kappa shape index (κ3) is 4.74.